The molecule has 1 aromatic rings. The lowest BCUT2D eigenvalue weighted by molar-refractivity contribution is -0.188. The maximum atomic E-state index is 12.7. The Labute approximate surface area is 149 Å². The summed E-state index contributed by atoms with van der Waals surface area (Å²) in [6.07, 6.45) is 1.62. The van der Waals surface area contributed by atoms with Crippen molar-refractivity contribution in [3.05, 3.63) is 29.8 Å². The van der Waals surface area contributed by atoms with Gasteiger partial charge in [0.2, 0.25) is 5.91 Å². The number of benzene rings is 1. The van der Waals surface area contributed by atoms with Gasteiger partial charge in [-0.05, 0) is 19.9 Å². The van der Waals surface area contributed by atoms with E-state index in [0.717, 1.165) is 37.2 Å². The van der Waals surface area contributed by atoms with Crippen molar-refractivity contribution in [1.29, 1.82) is 0 Å². The molecule has 2 aliphatic heterocycles. The number of para-hydroxylation sites is 1. The Bertz CT molecular complexity index is 591. The van der Waals surface area contributed by atoms with Crippen LogP contribution in [0.1, 0.15) is 38.3 Å². The minimum Gasteiger partial charge on any atom is -0.496 e. The highest BCUT2D eigenvalue weighted by Crippen LogP contribution is 2.32. The summed E-state index contributed by atoms with van der Waals surface area (Å²) in [4.78, 5) is 14.9. The molecule has 2 aliphatic rings. The number of piperidine rings is 1. The van der Waals surface area contributed by atoms with Gasteiger partial charge in [0.1, 0.15) is 5.75 Å². The minimum absolute atomic E-state index is 0.0302. The van der Waals surface area contributed by atoms with Crippen LogP contribution >= 0.6 is 0 Å². The van der Waals surface area contributed by atoms with E-state index in [4.69, 9.17) is 14.2 Å². The molecule has 2 fully saturated rings. The smallest absolute Gasteiger partial charge is 0.237 e. The predicted molar refractivity (Wildman–Crippen MR) is 94.5 cm³/mol. The van der Waals surface area contributed by atoms with E-state index in [1.807, 2.05) is 38.1 Å². The van der Waals surface area contributed by atoms with Gasteiger partial charge < -0.3 is 19.5 Å². The summed E-state index contributed by atoms with van der Waals surface area (Å²) >= 11 is 0. The molecule has 3 rings (SSSR count). The van der Waals surface area contributed by atoms with E-state index in [1.54, 1.807) is 7.11 Å². The van der Waals surface area contributed by atoms with Gasteiger partial charge in [0.25, 0.3) is 0 Å². The largest absolute Gasteiger partial charge is 0.496 e. The molecule has 138 valence electrons. The fraction of sp³-hybridized carbons (Fsp3) is 0.632. The van der Waals surface area contributed by atoms with Crippen molar-refractivity contribution in [2.45, 2.75) is 44.6 Å². The SMILES string of the molecule is COc1ccccc1C(C)NC(=O)C(C)N1CCC2(CC1)OCCO2. The average molecular weight is 348 g/mol. The van der Waals surface area contributed by atoms with Crippen LogP contribution in [-0.4, -0.2) is 56.0 Å². The zero-order valence-electron chi connectivity index (χ0n) is 15.3. The molecule has 2 atom stereocenters. The van der Waals surface area contributed by atoms with E-state index < -0.39 is 5.79 Å². The van der Waals surface area contributed by atoms with Crippen molar-refractivity contribution < 1.29 is 19.0 Å². The third-order valence-electron chi connectivity index (χ3n) is 5.26. The first kappa shape index (κ1) is 18.2. The summed E-state index contributed by atoms with van der Waals surface area (Å²) < 4.78 is 16.9. The molecule has 0 radical (unpaired) electrons. The summed E-state index contributed by atoms with van der Waals surface area (Å²) in [5, 5.41) is 3.11. The number of hydrogen-bond donors (Lipinski definition) is 1. The van der Waals surface area contributed by atoms with Gasteiger partial charge in [-0.15, -0.1) is 0 Å². The molecular formula is C19H28N2O4. The highest BCUT2D eigenvalue weighted by molar-refractivity contribution is 5.81. The quantitative estimate of drug-likeness (QED) is 0.883. The van der Waals surface area contributed by atoms with Gasteiger partial charge in [-0.3, -0.25) is 9.69 Å². The van der Waals surface area contributed by atoms with Gasteiger partial charge >= 0.3 is 0 Å². The van der Waals surface area contributed by atoms with Gasteiger partial charge in [0.15, 0.2) is 5.79 Å². The van der Waals surface area contributed by atoms with Crippen molar-refractivity contribution in [1.82, 2.24) is 10.2 Å². The molecule has 1 spiro atoms. The second kappa shape index (κ2) is 7.72. The highest BCUT2D eigenvalue weighted by Gasteiger charge is 2.41. The zero-order chi connectivity index (χ0) is 17.9. The maximum Gasteiger partial charge on any atom is 0.237 e. The Balaban J connectivity index is 1.56. The van der Waals surface area contributed by atoms with Crippen LogP contribution in [0.25, 0.3) is 0 Å². The second-order valence-corrected chi connectivity index (χ2v) is 6.79. The van der Waals surface area contributed by atoms with Gasteiger partial charge in [-0.1, -0.05) is 18.2 Å². The topological polar surface area (TPSA) is 60.0 Å². The molecule has 1 aromatic carbocycles. The van der Waals surface area contributed by atoms with Crippen molar-refractivity contribution in [2.75, 3.05) is 33.4 Å². The molecule has 0 bridgehead atoms. The molecule has 2 heterocycles. The number of hydrogen-bond acceptors (Lipinski definition) is 5. The molecule has 25 heavy (non-hydrogen) atoms. The van der Waals surface area contributed by atoms with Gasteiger partial charge in [-0.2, -0.15) is 0 Å². The maximum absolute atomic E-state index is 12.7. The summed E-state index contributed by atoms with van der Waals surface area (Å²) in [5.41, 5.74) is 0.982. The van der Waals surface area contributed by atoms with Crippen LogP contribution in [0.3, 0.4) is 0 Å². The second-order valence-electron chi connectivity index (χ2n) is 6.79. The number of nitrogens with one attached hydrogen (secondary N) is 1. The Morgan fingerprint density at radius 1 is 1.20 bits per heavy atom. The lowest BCUT2D eigenvalue weighted by atomic mass is 10.0. The minimum atomic E-state index is -0.405. The van der Waals surface area contributed by atoms with Crippen LogP contribution in [-0.2, 0) is 14.3 Å². The first-order valence-corrected chi connectivity index (χ1v) is 9.00. The van der Waals surface area contributed by atoms with Gasteiger partial charge in [0.05, 0.1) is 32.4 Å². The number of rotatable bonds is 5. The number of nitrogens with zero attached hydrogens (tertiary/aromatic N) is 1. The predicted octanol–water partition coefficient (Wildman–Crippen LogP) is 2.10. The summed E-state index contributed by atoms with van der Waals surface area (Å²) in [6, 6.07) is 7.48. The molecule has 2 unspecified atom stereocenters. The normalized spacial score (nSPS) is 22.5. The number of likely N-dealkylation sites (tertiary alicyclic amines) is 1. The van der Waals surface area contributed by atoms with Crippen molar-refractivity contribution in [2.24, 2.45) is 0 Å². The number of carbonyl (C=O) groups is 1. The zero-order valence-corrected chi connectivity index (χ0v) is 15.3. The highest BCUT2D eigenvalue weighted by atomic mass is 16.7. The molecule has 2 saturated heterocycles. The summed E-state index contributed by atoms with van der Waals surface area (Å²) in [7, 11) is 1.65. The molecule has 0 saturated carbocycles. The lowest BCUT2D eigenvalue weighted by Gasteiger charge is -2.39. The Morgan fingerprint density at radius 2 is 1.84 bits per heavy atom. The van der Waals surface area contributed by atoms with Crippen LogP contribution in [0.15, 0.2) is 24.3 Å². The van der Waals surface area contributed by atoms with E-state index in [-0.39, 0.29) is 18.0 Å². The number of methoxy groups -OCH3 is 1. The van der Waals surface area contributed by atoms with Crippen LogP contribution in [0.2, 0.25) is 0 Å². The fourth-order valence-electron chi connectivity index (χ4n) is 3.64. The molecule has 0 aromatic heterocycles. The molecule has 0 aliphatic carbocycles. The van der Waals surface area contributed by atoms with Crippen molar-refractivity contribution in [3.63, 3.8) is 0 Å². The molecule has 1 amide bonds. The van der Waals surface area contributed by atoms with Crippen LogP contribution < -0.4 is 10.1 Å². The molecule has 6 heteroatoms. The first-order chi connectivity index (χ1) is 12.0. The summed E-state index contributed by atoms with van der Waals surface area (Å²) in [6.45, 7) is 6.89. The number of amides is 1. The third-order valence-corrected chi connectivity index (χ3v) is 5.26. The Kier molecular flexibility index (Phi) is 5.61. The number of carbonyl (C=O) groups excluding carboxylic acids is 1. The van der Waals surface area contributed by atoms with Gasteiger partial charge in [-0.25, -0.2) is 0 Å². The monoisotopic (exact) mass is 348 g/mol. The Morgan fingerprint density at radius 3 is 2.48 bits per heavy atom. The third kappa shape index (κ3) is 3.97. The number of ether oxygens (including phenoxy) is 3. The molecular weight excluding hydrogens is 320 g/mol. The van der Waals surface area contributed by atoms with Crippen molar-refractivity contribution in [3.8, 4) is 5.75 Å². The summed E-state index contributed by atoms with van der Waals surface area (Å²) in [5.74, 6) is 0.415. The molecule has 6 nitrogen and oxygen atoms in total. The van der Waals surface area contributed by atoms with E-state index in [1.165, 1.54) is 0 Å². The van der Waals surface area contributed by atoms with Crippen LogP contribution in [0.4, 0.5) is 0 Å². The first-order valence-electron chi connectivity index (χ1n) is 9.00. The van der Waals surface area contributed by atoms with Crippen molar-refractivity contribution >= 4 is 5.91 Å². The van der Waals surface area contributed by atoms with E-state index >= 15 is 0 Å². The van der Waals surface area contributed by atoms with E-state index in [9.17, 15) is 4.79 Å². The standard InChI is InChI=1S/C19H28N2O4/c1-14(16-6-4-5-7-17(16)23-3)20-18(22)15(2)21-10-8-19(9-11-21)24-12-13-25-19/h4-7,14-15H,8-13H2,1-3H3,(H,20,22). The lowest BCUT2D eigenvalue weighted by Crippen LogP contribution is -2.52. The van der Waals surface area contributed by atoms with Crippen LogP contribution in [0.5, 0.6) is 5.75 Å². The average Bonchev–Trinajstić information content (AvgIpc) is 3.09. The van der Waals surface area contributed by atoms with E-state index in [0.29, 0.717) is 13.2 Å². The Hall–Kier alpha value is -1.63. The van der Waals surface area contributed by atoms with Gasteiger partial charge in [0, 0.05) is 31.5 Å². The van der Waals surface area contributed by atoms with E-state index in [2.05, 4.69) is 10.2 Å². The fourth-order valence-corrected chi connectivity index (χ4v) is 3.64. The molecule has 1 N–H and O–H groups in total. The van der Waals surface area contributed by atoms with Crippen LogP contribution in [0, 0.1) is 0 Å².